The van der Waals surface area contributed by atoms with E-state index in [4.69, 9.17) is 16.6 Å². The summed E-state index contributed by atoms with van der Waals surface area (Å²) in [6, 6.07) is -5.00. The van der Waals surface area contributed by atoms with E-state index in [-0.39, 0.29) is 18.6 Å². The molecule has 4 atom stereocenters. The highest BCUT2D eigenvalue weighted by Crippen LogP contribution is 2.06. The van der Waals surface area contributed by atoms with Crippen molar-refractivity contribution in [2.75, 3.05) is 12.3 Å². The van der Waals surface area contributed by atoms with Crippen LogP contribution in [0.4, 0.5) is 0 Å². The van der Waals surface area contributed by atoms with Gasteiger partial charge in [-0.25, -0.2) is 9.78 Å². The first kappa shape index (κ1) is 28.9. The molecule has 0 saturated heterocycles. The SMILES string of the molecule is NCCCCC(NC(=O)C(Cc1cnc[nH]1)NC(=O)C(N)CS)C(=O)NC(CC(=O)O)C(=O)O. The first-order chi connectivity index (χ1) is 16.1. The van der Waals surface area contributed by atoms with Crippen LogP contribution >= 0.6 is 12.6 Å². The number of hydrogen-bond donors (Lipinski definition) is 9. The van der Waals surface area contributed by atoms with Crippen molar-refractivity contribution >= 4 is 42.3 Å². The molecule has 0 spiro atoms. The topological polar surface area (TPSA) is 243 Å². The number of carboxylic acid groups (broad SMARTS) is 2. The van der Waals surface area contributed by atoms with Crippen molar-refractivity contribution in [1.29, 1.82) is 0 Å². The number of carboxylic acids is 2. The lowest BCUT2D eigenvalue weighted by Crippen LogP contribution is -2.58. The second-order valence-electron chi connectivity index (χ2n) is 7.47. The van der Waals surface area contributed by atoms with Crippen molar-refractivity contribution in [3.05, 3.63) is 18.2 Å². The Morgan fingerprint density at radius 3 is 2.15 bits per heavy atom. The Balaban J connectivity index is 3.03. The molecule has 0 saturated carbocycles. The summed E-state index contributed by atoms with van der Waals surface area (Å²) in [5, 5.41) is 25.2. The molecule has 10 N–H and O–H groups in total. The van der Waals surface area contributed by atoms with Crippen molar-refractivity contribution in [2.45, 2.75) is 56.3 Å². The van der Waals surface area contributed by atoms with E-state index >= 15 is 0 Å². The van der Waals surface area contributed by atoms with Crippen LogP contribution in [0.3, 0.4) is 0 Å². The molecule has 1 heterocycles. The van der Waals surface area contributed by atoms with Gasteiger partial charge < -0.3 is 42.6 Å². The van der Waals surface area contributed by atoms with Crippen LogP contribution in [-0.4, -0.2) is 86.3 Å². The number of carbonyl (C=O) groups excluding carboxylic acids is 3. The summed E-state index contributed by atoms with van der Waals surface area (Å²) in [6.07, 6.45) is 3.07. The molecule has 0 fully saturated rings. The number of aliphatic carboxylic acids is 2. The summed E-state index contributed by atoms with van der Waals surface area (Å²) in [4.78, 5) is 66.9. The van der Waals surface area contributed by atoms with Crippen LogP contribution in [0.1, 0.15) is 31.4 Å². The number of hydrogen-bond acceptors (Lipinski definition) is 9. The number of amides is 3. The Labute approximate surface area is 201 Å². The lowest BCUT2D eigenvalue weighted by atomic mass is 10.1. The van der Waals surface area contributed by atoms with Crippen molar-refractivity contribution < 1.29 is 34.2 Å². The maximum absolute atomic E-state index is 13.0. The molecule has 14 nitrogen and oxygen atoms in total. The Kier molecular flexibility index (Phi) is 12.6. The van der Waals surface area contributed by atoms with E-state index in [9.17, 15) is 29.1 Å². The van der Waals surface area contributed by atoms with Crippen LogP contribution in [0.15, 0.2) is 12.5 Å². The standard InChI is InChI=1S/C19H31N7O7S/c20-4-2-1-3-12(17(30)26-14(19(32)33)6-15(27)28)24-18(31)13(5-10-7-22-9-23-10)25-16(29)11(21)8-34/h7,9,11-14,34H,1-6,8,20-21H2,(H,22,23)(H,24,31)(H,25,29)(H,26,30)(H,27,28)(H,32,33). The van der Waals surface area contributed by atoms with Gasteiger partial charge in [-0.15, -0.1) is 0 Å². The number of aromatic nitrogens is 2. The lowest BCUT2D eigenvalue weighted by Gasteiger charge is -2.24. The van der Waals surface area contributed by atoms with Gasteiger partial charge in [-0.05, 0) is 25.8 Å². The van der Waals surface area contributed by atoms with Gasteiger partial charge in [-0.1, -0.05) is 0 Å². The molecule has 0 aliphatic heterocycles. The average Bonchev–Trinajstić information content (AvgIpc) is 3.29. The molecule has 34 heavy (non-hydrogen) atoms. The minimum atomic E-state index is -1.69. The maximum Gasteiger partial charge on any atom is 0.326 e. The Morgan fingerprint density at radius 2 is 1.62 bits per heavy atom. The smallest absolute Gasteiger partial charge is 0.326 e. The van der Waals surface area contributed by atoms with E-state index in [1.54, 1.807) is 0 Å². The van der Waals surface area contributed by atoms with E-state index in [0.717, 1.165) is 0 Å². The number of unbranched alkanes of at least 4 members (excludes halogenated alkanes) is 1. The highest BCUT2D eigenvalue weighted by molar-refractivity contribution is 7.80. The number of nitrogens with two attached hydrogens (primary N) is 2. The van der Waals surface area contributed by atoms with E-state index in [1.807, 2.05) is 0 Å². The number of nitrogens with one attached hydrogen (secondary N) is 4. The minimum absolute atomic E-state index is 0.00473. The highest BCUT2D eigenvalue weighted by Gasteiger charge is 2.31. The van der Waals surface area contributed by atoms with Gasteiger partial charge in [0.05, 0.1) is 18.8 Å². The van der Waals surface area contributed by atoms with Gasteiger partial charge >= 0.3 is 11.9 Å². The van der Waals surface area contributed by atoms with Gasteiger partial charge in [0.15, 0.2) is 0 Å². The third-order valence-corrected chi connectivity index (χ3v) is 5.11. The van der Waals surface area contributed by atoms with Crippen LogP contribution in [0.25, 0.3) is 0 Å². The van der Waals surface area contributed by atoms with E-state index in [1.165, 1.54) is 12.5 Å². The number of H-pyrrole nitrogens is 1. The largest absolute Gasteiger partial charge is 0.481 e. The number of aromatic amines is 1. The second kappa shape index (κ2) is 14.9. The van der Waals surface area contributed by atoms with Gasteiger partial charge in [-0.2, -0.15) is 12.6 Å². The Hall–Kier alpha value is -3.17. The zero-order valence-corrected chi connectivity index (χ0v) is 19.3. The highest BCUT2D eigenvalue weighted by atomic mass is 32.1. The fourth-order valence-corrected chi connectivity index (χ4v) is 3.03. The molecule has 0 aliphatic rings. The number of carbonyl (C=O) groups is 5. The molecule has 0 aliphatic carbocycles. The summed E-state index contributed by atoms with van der Waals surface area (Å²) in [7, 11) is 0. The predicted molar refractivity (Wildman–Crippen MR) is 123 cm³/mol. The molecule has 1 aromatic heterocycles. The van der Waals surface area contributed by atoms with Gasteiger partial charge in [0.2, 0.25) is 17.7 Å². The van der Waals surface area contributed by atoms with Gasteiger partial charge in [0.25, 0.3) is 0 Å². The van der Waals surface area contributed by atoms with Crippen LogP contribution < -0.4 is 27.4 Å². The Bertz CT molecular complexity index is 837. The van der Waals surface area contributed by atoms with Crippen molar-refractivity contribution in [3.63, 3.8) is 0 Å². The maximum atomic E-state index is 13.0. The molecule has 1 rings (SSSR count). The van der Waals surface area contributed by atoms with E-state index in [2.05, 4.69) is 38.5 Å². The molecule has 15 heteroatoms. The van der Waals surface area contributed by atoms with Crippen molar-refractivity contribution in [2.24, 2.45) is 11.5 Å². The third-order valence-electron chi connectivity index (χ3n) is 4.72. The lowest BCUT2D eigenvalue weighted by molar-refractivity contribution is -0.147. The van der Waals surface area contributed by atoms with E-state index < -0.39 is 60.2 Å². The molecule has 4 unspecified atom stereocenters. The summed E-state index contributed by atoms with van der Waals surface area (Å²) in [6.45, 7) is 0.333. The number of rotatable bonds is 16. The summed E-state index contributed by atoms with van der Waals surface area (Å²) < 4.78 is 0. The minimum Gasteiger partial charge on any atom is -0.481 e. The van der Waals surface area contributed by atoms with E-state index in [0.29, 0.717) is 25.1 Å². The second-order valence-corrected chi connectivity index (χ2v) is 7.84. The zero-order chi connectivity index (χ0) is 25.7. The van der Waals surface area contributed by atoms with Crippen LogP contribution in [0.2, 0.25) is 0 Å². The van der Waals surface area contributed by atoms with Crippen molar-refractivity contribution in [1.82, 2.24) is 25.9 Å². The van der Waals surface area contributed by atoms with Crippen molar-refractivity contribution in [3.8, 4) is 0 Å². The molecule has 0 bridgehead atoms. The molecule has 0 radical (unpaired) electrons. The monoisotopic (exact) mass is 501 g/mol. The molecular weight excluding hydrogens is 470 g/mol. The first-order valence-electron chi connectivity index (χ1n) is 10.5. The van der Waals surface area contributed by atoms with Crippen LogP contribution in [-0.2, 0) is 30.4 Å². The van der Waals surface area contributed by atoms with Gasteiger partial charge in [0.1, 0.15) is 18.1 Å². The molecule has 0 aromatic carbocycles. The fourth-order valence-electron chi connectivity index (χ4n) is 2.87. The summed E-state index contributed by atoms with van der Waals surface area (Å²) >= 11 is 3.96. The molecule has 3 amide bonds. The van der Waals surface area contributed by atoms with Gasteiger partial charge in [0, 0.05) is 24.1 Å². The summed E-state index contributed by atoms with van der Waals surface area (Å²) in [5.74, 6) is -5.16. The third kappa shape index (κ3) is 10.2. The first-order valence-corrected chi connectivity index (χ1v) is 11.1. The Morgan fingerprint density at radius 1 is 1.00 bits per heavy atom. The summed E-state index contributed by atoms with van der Waals surface area (Å²) in [5.41, 5.74) is 11.7. The molecule has 190 valence electrons. The zero-order valence-electron chi connectivity index (χ0n) is 18.4. The fraction of sp³-hybridized carbons (Fsp3) is 0.579. The van der Waals surface area contributed by atoms with Crippen LogP contribution in [0.5, 0.6) is 0 Å². The predicted octanol–water partition coefficient (Wildman–Crippen LogP) is -2.65. The number of imidazole rings is 1. The van der Waals surface area contributed by atoms with Crippen LogP contribution in [0, 0.1) is 0 Å². The normalized spacial score (nSPS) is 14.3. The van der Waals surface area contributed by atoms with Gasteiger partial charge in [-0.3, -0.25) is 19.2 Å². The molecular formula is C19H31N7O7S. The number of thiol groups is 1. The molecule has 1 aromatic rings. The number of nitrogens with zero attached hydrogens (tertiary/aromatic N) is 1. The average molecular weight is 502 g/mol. The quantitative estimate of drug-likeness (QED) is 0.0841.